The van der Waals surface area contributed by atoms with Crippen molar-refractivity contribution in [1.29, 1.82) is 0 Å². The first-order valence-corrected chi connectivity index (χ1v) is 11.8. The van der Waals surface area contributed by atoms with Gasteiger partial charge in [0.05, 0.1) is 17.6 Å². The molecule has 1 amide bonds. The van der Waals surface area contributed by atoms with E-state index in [2.05, 4.69) is 5.32 Å². The molecule has 3 aromatic carbocycles. The van der Waals surface area contributed by atoms with E-state index in [1.54, 1.807) is 55.7 Å². The summed E-state index contributed by atoms with van der Waals surface area (Å²) in [6, 6.07) is 21.5. The second kappa shape index (κ2) is 10.8. The average Bonchev–Trinajstić information content (AvgIpc) is 2.82. The Morgan fingerprint density at radius 2 is 1.65 bits per heavy atom. The number of nitrogens with one attached hydrogen (secondary N) is 1. The molecule has 9 heteroatoms. The highest BCUT2D eigenvalue weighted by molar-refractivity contribution is 7.89. The van der Waals surface area contributed by atoms with Gasteiger partial charge in [-0.3, -0.25) is 4.79 Å². The molecule has 0 saturated heterocycles. The number of methoxy groups -OCH3 is 1. The molecule has 0 fully saturated rings. The summed E-state index contributed by atoms with van der Waals surface area (Å²) in [4.78, 5) is 25.5. The molecule has 1 atom stereocenters. The molecule has 0 heterocycles. The third kappa shape index (κ3) is 6.53. The summed E-state index contributed by atoms with van der Waals surface area (Å²) in [5, 5.41) is 7.66. The molecule has 0 spiro atoms. The van der Waals surface area contributed by atoms with E-state index >= 15 is 0 Å². The van der Waals surface area contributed by atoms with Gasteiger partial charge in [-0.15, -0.1) is 0 Å². The molecule has 0 bridgehead atoms. The highest BCUT2D eigenvalue weighted by Gasteiger charge is 2.22. The lowest BCUT2D eigenvalue weighted by Crippen LogP contribution is -2.30. The van der Waals surface area contributed by atoms with Crippen LogP contribution in [0.5, 0.6) is 5.75 Å². The fraction of sp³-hybridized carbons (Fsp3) is 0.120. The molecule has 176 valence electrons. The number of hydrogen-bond acceptors (Lipinski definition) is 6. The predicted octanol–water partition coefficient (Wildman–Crippen LogP) is 3.45. The van der Waals surface area contributed by atoms with Crippen LogP contribution in [-0.2, 0) is 24.3 Å². The third-order valence-electron chi connectivity index (χ3n) is 4.81. The van der Waals surface area contributed by atoms with Crippen LogP contribution in [0.25, 0.3) is 11.6 Å². The summed E-state index contributed by atoms with van der Waals surface area (Å²) in [5.41, 5.74) is 1.95. The van der Waals surface area contributed by atoms with Crippen LogP contribution in [0.1, 0.15) is 18.1 Å². The first-order valence-electron chi connectivity index (χ1n) is 10.2. The Morgan fingerprint density at radius 3 is 2.26 bits per heavy atom. The van der Waals surface area contributed by atoms with E-state index in [0.29, 0.717) is 17.0 Å². The Hall–Kier alpha value is -3.95. The second-order valence-electron chi connectivity index (χ2n) is 7.31. The summed E-state index contributed by atoms with van der Waals surface area (Å²) in [6.07, 6.45) is 0.541. The molecule has 3 N–H and O–H groups in total. The maximum atomic E-state index is 13.0. The molecule has 0 saturated carbocycles. The quantitative estimate of drug-likeness (QED) is 0.289. The molecule has 0 radical (unpaired) electrons. The van der Waals surface area contributed by atoms with Gasteiger partial charge in [-0.25, -0.2) is 18.4 Å². The summed E-state index contributed by atoms with van der Waals surface area (Å²) in [6.45, 7) is 1.44. The normalized spacial score (nSPS) is 12.5. The molecular formula is C25H24N2O6S. The van der Waals surface area contributed by atoms with Gasteiger partial charge in [-0.2, -0.15) is 0 Å². The number of sulfonamides is 1. The molecule has 0 aliphatic heterocycles. The van der Waals surface area contributed by atoms with Crippen molar-refractivity contribution in [2.75, 3.05) is 12.4 Å². The Balaban J connectivity index is 1.77. The largest absolute Gasteiger partial charge is 0.497 e. The van der Waals surface area contributed by atoms with Crippen molar-refractivity contribution < 1.29 is 27.5 Å². The lowest BCUT2D eigenvalue weighted by Gasteiger charge is -2.15. The number of esters is 1. The standard InChI is InChI=1S/C25H24N2O6S/c1-17(24(28)27-20-11-13-22(14-12-20)34(26,30)31)33-25(29)23(19-8-4-3-5-9-19)16-18-7-6-10-21(15-18)32-2/h3-17H,1-2H3,(H,27,28)(H2,26,30,31)/b23-16+/t17-/m0/s1. The minimum atomic E-state index is -3.84. The smallest absolute Gasteiger partial charge is 0.339 e. The van der Waals surface area contributed by atoms with Gasteiger partial charge < -0.3 is 14.8 Å². The van der Waals surface area contributed by atoms with Gasteiger partial charge in [0.15, 0.2) is 6.10 Å². The van der Waals surface area contributed by atoms with Crippen LogP contribution in [0.3, 0.4) is 0 Å². The monoisotopic (exact) mass is 480 g/mol. The van der Waals surface area contributed by atoms with Crippen LogP contribution < -0.4 is 15.2 Å². The Labute approximate surface area is 198 Å². The molecule has 0 unspecified atom stereocenters. The Bertz CT molecular complexity index is 1300. The number of rotatable bonds is 8. The predicted molar refractivity (Wildman–Crippen MR) is 129 cm³/mol. The molecular weight excluding hydrogens is 456 g/mol. The highest BCUT2D eigenvalue weighted by Crippen LogP contribution is 2.23. The lowest BCUT2D eigenvalue weighted by molar-refractivity contribution is -0.147. The zero-order valence-corrected chi connectivity index (χ0v) is 19.4. The maximum Gasteiger partial charge on any atom is 0.339 e. The van der Waals surface area contributed by atoms with Crippen molar-refractivity contribution in [2.24, 2.45) is 5.14 Å². The summed E-state index contributed by atoms with van der Waals surface area (Å²) in [5.74, 6) is -0.623. The first-order chi connectivity index (χ1) is 16.2. The molecule has 34 heavy (non-hydrogen) atoms. The van der Waals surface area contributed by atoms with Gasteiger partial charge in [0.1, 0.15) is 5.75 Å². The van der Waals surface area contributed by atoms with Crippen LogP contribution in [0.4, 0.5) is 5.69 Å². The number of amides is 1. The topological polar surface area (TPSA) is 125 Å². The van der Waals surface area contributed by atoms with Crippen molar-refractivity contribution in [1.82, 2.24) is 0 Å². The van der Waals surface area contributed by atoms with Crippen molar-refractivity contribution >= 4 is 39.2 Å². The zero-order valence-electron chi connectivity index (χ0n) is 18.6. The minimum Gasteiger partial charge on any atom is -0.497 e. The molecule has 0 aliphatic rings. The van der Waals surface area contributed by atoms with Gasteiger partial charge >= 0.3 is 5.97 Å². The zero-order chi connectivity index (χ0) is 24.7. The number of benzene rings is 3. The van der Waals surface area contributed by atoms with E-state index in [1.807, 2.05) is 12.1 Å². The van der Waals surface area contributed by atoms with E-state index in [1.165, 1.54) is 31.2 Å². The van der Waals surface area contributed by atoms with Crippen molar-refractivity contribution in [3.05, 3.63) is 90.0 Å². The van der Waals surface area contributed by atoms with Gasteiger partial charge in [0.2, 0.25) is 10.0 Å². The Kier molecular flexibility index (Phi) is 7.83. The number of carbonyl (C=O) groups excluding carboxylic acids is 2. The van der Waals surface area contributed by atoms with Gasteiger partial charge in [0, 0.05) is 5.69 Å². The van der Waals surface area contributed by atoms with Gasteiger partial charge in [-0.05, 0) is 60.5 Å². The summed E-state index contributed by atoms with van der Waals surface area (Å²) < 4.78 is 33.4. The van der Waals surface area contributed by atoms with E-state index in [9.17, 15) is 18.0 Å². The number of anilines is 1. The summed E-state index contributed by atoms with van der Waals surface area (Å²) >= 11 is 0. The number of ether oxygens (including phenoxy) is 2. The first kappa shape index (κ1) is 24.7. The Morgan fingerprint density at radius 1 is 0.971 bits per heavy atom. The minimum absolute atomic E-state index is 0.0832. The third-order valence-corrected chi connectivity index (χ3v) is 5.74. The number of primary sulfonamides is 1. The fourth-order valence-electron chi connectivity index (χ4n) is 3.03. The van der Waals surface area contributed by atoms with Gasteiger partial charge in [0.25, 0.3) is 5.91 Å². The molecule has 0 aromatic heterocycles. The van der Waals surface area contributed by atoms with Crippen LogP contribution >= 0.6 is 0 Å². The summed E-state index contributed by atoms with van der Waals surface area (Å²) in [7, 11) is -2.29. The van der Waals surface area contributed by atoms with E-state index in [0.717, 1.165) is 5.56 Å². The molecule has 3 aromatic rings. The molecule has 8 nitrogen and oxygen atoms in total. The van der Waals surface area contributed by atoms with Crippen molar-refractivity contribution in [3.63, 3.8) is 0 Å². The van der Waals surface area contributed by atoms with Crippen LogP contribution in [-0.4, -0.2) is 33.5 Å². The van der Waals surface area contributed by atoms with Crippen LogP contribution in [0.15, 0.2) is 83.8 Å². The van der Waals surface area contributed by atoms with Gasteiger partial charge in [-0.1, -0.05) is 42.5 Å². The average molecular weight is 481 g/mol. The lowest BCUT2D eigenvalue weighted by atomic mass is 10.0. The number of nitrogens with two attached hydrogens (primary N) is 1. The number of carbonyl (C=O) groups is 2. The van der Waals surface area contributed by atoms with Crippen LogP contribution in [0, 0.1) is 0 Å². The van der Waals surface area contributed by atoms with E-state index in [4.69, 9.17) is 14.6 Å². The SMILES string of the molecule is COc1cccc(/C=C(/C(=O)O[C@@H](C)C(=O)Nc2ccc(S(N)(=O)=O)cc2)c2ccccc2)c1. The molecule has 0 aliphatic carbocycles. The highest BCUT2D eigenvalue weighted by atomic mass is 32.2. The van der Waals surface area contributed by atoms with Crippen molar-refractivity contribution in [3.8, 4) is 5.75 Å². The second-order valence-corrected chi connectivity index (χ2v) is 8.87. The van der Waals surface area contributed by atoms with E-state index in [-0.39, 0.29) is 10.5 Å². The van der Waals surface area contributed by atoms with Crippen LogP contribution in [0.2, 0.25) is 0 Å². The fourth-order valence-corrected chi connectivity index (χ4v) is 3.54. The number of hydrogen-bond donors (Lipinski definition) is 2. The maximum absolute atomic E-state index is 13.0. The van der Waals surface area contributed by atoms with E-state index < -0.39 is 28.0 Å². The van der Waals surface area contributed by atoms with Crippen molar-refractivity contribution in [2.45, 2.75) is 17.9 Å². The molecule has 3 rings (SSSR count).